The predicted molar refractivity (Wildman–Crippen MR) is 118 cm³/mol. The van der Waals surface area contributed by atoms with E-state index in [1.54, 1.807) is 0 Å². The third-order valence-electron chi connectivity index (χ3n) is 5.43. The third kappa shape index (κ3) is 4.38. The molecule has 0 aliphatic carbocycles. The van der Waals surface area contributed by atoms with Crippen molar-refractivity contribution in [1.29, 1.82) is 0 Å². The summed E-state index contributed by atoms with van der Waals surface area (Å²) in [6.45, 7) is 6.34. The molecule has 0 spiro atoms. The van der Waals surface area contributed by atoms with Gasteiger partial charge in [0.2, 0.25) is 5.43 Å². The van der Waals surface area contributed by atoms with Gasteiger partial charge in [0, 0.05) is 11.6 Å². The second kappa shape index (κ2) is 8.65. The van der Waals surface area contributed by atoms with Crippen molar-refractivity contribution in [2.75, 3.05) is 0 Å². The van der Waals surface area contributed by atoms with Crippen LogP contribution in [0.25, 0.3) is 16.7 Å². The van der Waals surface area contributed by atoms with E-state index < -0.39 is 73.6 Å². The number of benzene rings is 1. The summed E-state index contributed by atoms with van der Waals surface area (Å²) in [6, 6.07) is 0.951. The molecule has 34 heavy (non-hydrogen) atoms. The van der Waals surface area contributed by atoms with Crippen LogP contribution in [0, 0.1) is 29.8 Å². The largest absolute Gasteiger partial charge is 0.343 e. The molecule has 0 fully saturated rings. The number of halogens is 6. The van der Waals surface area contributed by atoms with Crippen molar-refractivity contribution in [1.82, 2.24) is 14.9 Å². The van der Waals surface area contributed by atoms with Crippen molar-refractivity contribution in [3.8, 4) is 5.69 Å². The number of aromatic nitrogens is 2. The quantitative estimate of drug-likeness (QED) is 0.376. The Hall–Kier alpha value is -3.01. The fraction of sp³-hybridized carbons (Fsp3) is 0.348. The molecule has 182 valence electrons. The molecule has 0 bridgehead atoms. The highest BCUT2D eigenvalue weighted by Gasteiger charge is 2.48. The molecular weight excluding hydrogens is 481 g/mol. The Morgan fingerprint density at radius 1 is 1.09 bits per heavy atom. The standard InChI is InChI=1S/C23H21ClF5N3O2/c1-10-6-14(25)17(15(26)7-10)32-9-13(18(33)12-8-16(27)19(24)31-20(12)32)21(34)30-11(2)23(28,29)22(3,4)5/h6-9,11H,1-5H3,(H,30,34). The number of alkyl halides is 2. The van der Waals surface area contributed by atoms with E-state index in [1.807, 2.05) is 0 Å². The summed E-state index contributed by atoms with van der Waals surface area (Å²) in [5.74, 6) is -7.87. The van der Waals surface area contributed by atoms with Gasteiger partial charge in [-0.3, -0.25) is 14.2 Å². The van der Waals surface area contributed by atoms with E-state index in [0.717, 1.165) is 29.8 Å². The van der Waals surface area contributed by atoms with Gasteiger partial charge in [-0.05, 0) is 37.6 Å². The highest BCUT2D eigenvalue weighted by molar-refractivity contribution is 6.29. The second-order valence-corrected chi connectivity index (χ2v) is 9.38. The molecule has 11 heteroatoms. The number of rotatable bonds is 4. The average molecular weight is 502 g/mol. The molecule has 0 saturated heterocycles. The average Bonchev–Trinajstić information content (AvgIpc) is 2.69. The number of amides is 1. The van der Waals surface area contributed by atoms with Crippen molar-refractivity contribution in [2.45, 2.75) is 46.6 Å². The van der Waals surface area contributed by atoms with Crippen LogP contribution in [0.4, 0.5) is 22.0 Å². The van der Waals surface area contributed by atoms with Crippen LogP contribution in [0.15, 0.2) is 29.2 Å². The number of nitrogens with one attached hydrogen (secondary N) is 1. The topological polar surface area (TPSA) is 64.0 Å². The lowest BCUT2D eigenvalue weighted by atomic mass is 9.84. The molecule has 1 aromatic carbocycles. The molecule has 2 heterocycles. The summed E-state index contributed by atoms with van der Waals surface area (Å²) in [4.78, 5) is 29.6. The highest BCUT2D eigenvalue weighted by atomic mass is 35.5. The van der Waals surface area contributed by atoms with Gasteiger partial charge in [-0.1, -0.05) is 32.4 Å². The summed E-state index contributed by atoms with van der Waals surface area (Å²) in [7, 11) is 0. The van der Waals surface area contributed by atoms with Crippen LogP contribution >= 0.6 is 11.6 Å². The van der Waals surface area contributed by atoms with Crippen molar-refractivity contribution in [2.24, 2.45) is 5.41 Å². The summed E-state index contributed by atoms with van der Waals surface area (Å²) in [5, 5.41) is 0.861. The highest BCUT2D eigenvalue weighted by Crippen LogP contribution is 2.38. The Morgan fingerprint density at radius 2 is 1.65 bits per heavy atom. The summed E-state index contributed by atoms with van der Waals surface area (Å²) in [6.07, 6.45) is 0.764. The first-order valence-corrected chi connectivity index (χ1v) is 10.5. The minimum atomic E-state index is -3.38. The van der Waals surface area contributed by atoms with Crippen molar-refractivity contribution in [3.63, 3.8) is 0 Å². The van der Waals surface area contributed by atoms with E-state index in [2.05, 4.69) is 10.3 Å². The van der Waals surface area contributed by atoms with Crippen LogP contribution in [-0.4, -0.2) is 27.4 Å². The summed E-state index contributed by atoms with van der Waals surface area (Å²) in [5.41, 5.74) is -4.24. The SMILES string of the molecule is Cc1cc(F)c(-n2cc(C(=O)NC(C)C(F)(F)C(C)(C)C)c(=O)c3cc(F)c(Cl)nc32)c(F)c1. The molecule has 1 amide bonds. The van der Waals surface area contributed by atoms with Gasteiger partial charge < -0.3 is 5.32 Å². The van der Waals surface area contributed by atoms with Gasteiger partial charge in [-0.2, -0.15) is 0 Å². The van der Waals surface area contributed by atoms with E-state index in [-0.39, 0.29) is 5.56 Å². The zero-order valence-electron chi connectivity index (χ0n) is 18.9. The zero-order chi connectivity index (χ0) is 25.7. The number of aryl methyl sites for hydroxylation is 1. The Bertz CT molecular complexity index is 1340. The van der Waals surface area contributed by atoms with Gasteiger partial charge in [-0.25, -0.2) is 26.9 Å². The first-order valence-electron chi connectivity index (χ1n) is 10.1. The summed E-state index contributed by atoms with van der Waals surface area (Å²) < 4.78 is 73.7. The number of hydrogen-bond donors (Lipinski definition) is 1. The molecule has 1 atom stereocenters. The van der Waals surface area contributed by atoms with Crippen molar-refractivity contribution < 1.29 is 26.7 Å². The maximum absolute atomic E-state index is 14.8. The summed E-state index contributed by atoms with van der Waals surface area (Å²) >= 11 is 5.72. The Labute approximate surface area is 196 Å². The number of pyridine rings is 2. The molecule has 0 aliphatic heterocycles. The zero-order valence-corrected chi connectivity index (χ0v) is 19.6. The minimum absolute atomic E-state index is 0.248. The van der Waals surface area contributed by atoms with Gasteiger partial charge in [-0.15, -0.1) is 0 Å². The monoisotopic (exact) mass is 501 g/mol. The fourth-order valence-corrected chi connectivity index (χ4v) is 3.61. The lowest BCUT2D eigenvalue weighted by Gasteiger charge is -2.35. The van der Waals surface area contributed by atoms with Gasteiger partial charge in [0.05, 0.1) is 11.4 Å². The molecule has 3 aromatic rings. The smallest absolute Gasteiger partial charge is 0.272 e. The van der Waals surface area contributed by atoms with E-state index in [1.165, 1.54) is 27.7 Å². The van der Waals surface area contributed by atoms with Crippen LogP contribution in [0.3, 0.4) is 0 Å². The molecule has 1 N–H and O–H groups in total. The molecule has 0 aliphatic rings. The van der Waals surface area contributed by atoms with E-state index in [4.69, 9.17) is 11.6 Å². The van der Waals surface area contributed by atoms with Gasteiger partial charge in [0.1, 0.15) is 11.3 Å². The van der Waals surface area contributed by atoms with E-state index >= 15 is 0 Å². The lowest BCUT2D eigenvalue weighted by molar-refractivity contribution is -0.117. The predicted octanol–water partition coefficient (Wildman–Crippen LogP) is 5.56. The second-order valence-electron chi connectivity index (χ2n) is 9.02. The molecule has 0 radical (unpaired) electrons. The normalized spacial score (nSPS) is 13.3. The maximum atomic E-state index is 14.8. The van der Waals surface area contributed by atoms with Crippen LogP contribution < -0.4 is 10.7 Å². The van der Waals surface area contributed by atoms with Gasteiger partial charge in [0.25, 0.3) is 11.8 Å². The molecule has 2 aromatic heterocycles. The Balaban J connectivity index is 2.28. The van der Waals surface area contributed by atoms with Crippen LogP contribution in [0.2, 0.25) is 5.15 Å². The van der Waals surface area contributed by atoms with E-state index in [0.29, 0.717) is 6.07 Å². The molecule has 1 unspecified atom stereocenters. The molecular formula is C23H21ClF5N3O2. The number of hydrogen-bond acceptors (Lipinski definition) is 3. The minimum Gasteiger partial charge on any atom is -0.343 e. The molecule has 5 nitrogen and oxygen atoms in total. The fourth-order valence-electron chi connectivity index (χ4n) is 3.47. The molecule has 3 rings (SSSR count). The third-order valence-corrected chi connectivity index (χ3v) is 5.69. The number of carbonyl (C=O) groups excluding carboxylic acids is 1. The van der Waals surface area contributed by atoms with Crippen molar-refractivity contribution >= 4 is 28.5 Å². The molecule has 0 saturated carbocycles. The first kappa shape index (κ1) is 25.6. The Kier molecular flexibility index (Phi) is 6.51. The lowest BCUT2D eigenvalue weighted by Crippen LogP contribution is -2.52. The number of carbonyl (C=O) groups is 1. The maximum Gasteiger partial charge on any atom is 0.272 e. The number of fused-ring (bicyclic) bond motifs is 1. The van der Waals surface area contributed by atoms with Crippen LogP contribution in [-0.2, 0) is 0 Å². The first-order chi connectivity index (χ1) is 15.6. The van der Waals surface area contributed by atoms with Crippen LogP contribution in [0.5, 0.6) is 0 Å². The van der Waals surface area contributed by atoms with Gasteiger partial charge in [0.15, 0.2) is 28.3 Å². The van der Waals surface area contributed by atoms with Crippen LogP contribution in [0.1, 0.15) is 43.6 Å². The van der Waals surface area contributed by atoms with Crippen molar-refractivity contribution in [3.05, 3.63) is 68.4 Å². The number of nitrogens with zero attached hydrogens (tertiary/aromatic N) is 2. The van der Waals surface area contributed by atoms with E-state index in [9.17, 15) is 31.5 Å². The Morgan fingerprint density at radius 3 is 2.18 bits per heavy atom. The van der Waals surface area contributed by atoms with Gasteiger partial charge >= 0.3 is 0 Å².